The monoisotopic (exact) mass is 372 g/mol. The summed E-state index contributed by atoms with van der Waals surface area (Å²) in [6.45, 7) is 0. The topological polar surface area (TPSA) is 89.7 Å². The first-order valence-electron chi connectivity index (χ1n) is 8.02. The van der Waals surface area contributed by atoms with E-state index in [1.165, 1.54) is 29.6 Å². The largest absolute Gasteiger partial charge is 0.495 e. The number of nitrogens with two attached hydrogens (primary N) is 1. The minimum atomic E-state index is -3.86. The SMILES string of the molecule is COc1ccc(S(=O)(=O)N2[C@@H]3CCCC[C@@H]3C[C@H]2C(N)=O)cc1Cl. The number of rotatable bonds is 4. The van der Waals surface area contributed by atoms with Crippen molar-refractivity contribution >= 4 is 27.5 Å². The number of amides is 1. The van der Waals surface area contributed by atoms with Gasteiger partial charge in [0, 0.05) is 6.04 Å². The molecule has 1 aromatic carbocycles. The number of primary amides is 1. The first kappa shape index (κ1) is 17.5. The van der Waals surface area contributed by atoms with Crippen LogP contribution in [0.4, 0.5) is 0 Å². The van der Waals surface area contributed by atoms with Gasteiger partial charge < -0.3 is 10.5 Å². The summed E-state index contributed by atoms with van der Waals surface area (Å²) >= 11 is 6.08. The summed E-state index contributed by atoms with van der Waals surface area (Å²) in [6, 6.07) is 3.38. The van der Waals surface area contributed by atoms with Gasteiger partial charge in [0.2, 0.25) is 15.9 Å². The second kappa shape index (κ2) is 6.54. The molecule has 8 heteroatoms. The number of hydrogen-bond donors (Lipinski definition) is 1. The summed E-state index contributed by atoms with van der Waals surface area (Å²) < 4.78 is 32.7. The first-order chi connectivity index (χ1) is 11.4. The Bertz CT molecular complexity index is 752. The van der Waals surface area contributed by atoms with Gasteiger partial charge in [-0.2, -0.15) is 4.31 Å². The van der Waals surface area contributed by atoms with E-state index in [9.17, 15) is 13.2 Å². The summed E-state index contributed by atoms with van der Waals surface area (Å²) in [4.78, 5) is 11.9. The summed E-state index contributed by atoms with van der Waals surface area (Å²) in [5, 5.41) is 0.216. The predicted octanol–water partition coefficient (Wildman–Crippen LogP) is 2.16. The zero-order valence-electron chi connectivity index (χ0n) is 13.4. The molecule has 1 saturated carbocycles. The number of fused-ring (bicyclic) bond motifs is 1. The molecule has 1 saturated heterocycles. The molecule has 2 aliphatic rings. The summed E-state index contributed by atoms with van der Waals surface area (Å²) in [6.07, 6.45) is 4.22. The predicted molar refractivity (Wildman–Crippen MR) is 90.4 cm³/mol. The normalized spacial score (nSPS) is 27.7. The molecule has 0 unspecified atom stereocenters. The van der Waals surface area contributed by atoms with Crippen molar-refractivity contribution in [2.45, 2.75) is 49.1 Å². The van der Waals surface area contributed by atoms with Gasteiger partial charge in [-0.1, -0.05) is 24.4 Å². The lowest BCUT2D eigenvalue weighted by atomic mass is 9.85. The van der Waals surface area contributed by atoms with Crippen LogP contribution in [0.1, 0.15) is 32.1 Å². The van der Waals surface area contributed by atoms with Gasteiger partial charge >= 0.3 is 0 Å². The molecule has 1 amide bonds. The van der Waals surface area contributed by atoms with Crippen molar-refractivity contribution in [2.75, 3.05) is 7.11 Å². The number of hydrogen-bond acceptors (Lipinski definition) is 4. The molecule has 24 heavy (non-hydrogen) atoms. The molecule has 0 radical (unpaired) electrons. The van der Waals surface area contributed by atoms with Gasteiger partial charge in [-0.05, 0) is 43.4 Å². The molecule has 1 aliphatic heterocycles. The minimum absolute atomic E-state index is 0.0609. The molecule has 2 N–H and O–H groups in total. The van der Waals surface area contributed by atoms with Crippen LogP contribution in [-0.4, -0.2) is 37.8 Å². The molecule has 6 nitrogen and oxygen atoms in total. The van der Waals surface area contributed by atoms with E-state index in [1.54, 1.807) is 0 Å². The number of carbonyl (C=O) groups excluding carboxylic acids is 1. The molecule has 3 atom stereocenters. The third-order valence-electron chi connectivity index (χ3n) is 5.06. The van der Waals surface area contributed by atoms with Crippen LogP contribution in [0.25, 0.3) is 0 Å². The van der Waals surface area contributed by atoms with Crippen LogP contribution >= 0.6 is 11.6 Å². The fraction of sp³-hybridized carbons (Fsp3) is 0.562. The molecule has 0 aromatic heterocycles. The van der Waals surface area contributed by atoms with Crippen LogP contribution in [0.2, 0.25) is 5.02 Å². The zero-order valence-corrected chi connectivity index (χ0v) is 15.0. The van der Waals surface area contributed by atoms with Gasteiger partial charge in [-0.3, -0.25) is 4.79 Å². The van der Waals surface area contributed by atoms with E-state index in [0.717, 1.165) is 25.7 Å². The first-order valence-corrected chi connectivity index (χ1v) is 9.84. The lowest BCUT2D eigenvalue weighted by molar-refractivity contribution is -0.121. The summed E-state index contributed by atoms with van der Waals surface area (Å²) in [7, 11) is -2.39. The smallest absolute Gasteiger partial charge is 0.244 e. The quantitative estimate of drug-likeness (QED) is 0.876. The fourth-order valence-electron chi connectivity index (χ4n) is 3.94. The van der Waals surface area contributed by atoms with Gasteiger partial charge in [0.05, 0.1) is 17.0 Å². The van der Waals surface area contributed by atoms with E-state index in [2.05, 4.69) is 0 Å². The molecule has 3 rings (SSSR count). The third kappa shape index (κ3) is 2.89. The molecule has 1 aromatic rings. The molecule has 2 fully saturated rings. The van der Waals surface area contributed by atoms with Gasteiger partial charge in [0.1, 0.15) is 11.8 Å². The van der Waals surface area contributed by atoms with E-state index in [4.69, 9.17) is 22.1 Å². The zero-order chi connectivity index (χ0) is 17.5. The average molecular weight is 373 g/mol. The number of ether oxygens (including phenoxy) is 1. The fourth-order valence-corrected chi connectivity index (χ4v) is 6.17. The lowest BCUT2D eigenvalue weighted by Gasteiger charge is -2.32. The van der Waals surface area contributed by atoms with Gasteiger partial charge in [-0.25, -0.2) is 8.42 Å². The Balaban J connectivity index is 2.02. The van der Waals surface area contributed by atoms with Crippen molar-refractivity contribution < 1.29 is 17.9 Å². The Morgan fingerprint density at radius 1 is 1.33 bits per heavy atom. The maximum absolute atomic E-state index is 13.2. The number of nitrogens with zero attached hydrogens (tertiary/aromatic N) is 1. The highest BCUT2D eigenvalue weighted by molar-refractivity contribution is 7.89. The molecule has 132 valence electrons. The number of carbonyl (C=O) groups is 1. The maximum atomic E-state index is 13.2. The van der Waals surface area contributed by atoms with Gasteiger partial charge in [-0.15, -0.1) is 0 Å². The summed E-state index contributed by atoms with van der Waals surface area (Å²) in [5.74, 6) is 0.00589. The van der Waals surface area contributed by atoms with Crippen LogP contribution in [0, 0.1) is 5.92 Å². The third-order valence-corrected chi connectivity index (χ3v) is 7.28. The highest BCUT2D eigenvalue weighted by Crippen LogP contribution is 2.43. The van der Waals surface area contributed by atoms with Crippen LogP contribution in [0.15, 0.2) is 23.1 Å². The minimum Gasteiger partial charge on any atom is -0.495 e. The summed E-state index contributed by atoms with van der Waals surface area (Å²) in [5.41, 5.74) is 5.50. The van der Waals surface area contributed by atoms with Crippen molar-refractivity contribution in [2.24, 2.45) is 11.7 Å². The van der Waals surface area contributed by atoms with Crippen molar-refractivity contribution in [3.63, 3.8) is 0 Å². The number of methoxy groups -OCH3 is 1. The van der Waals surface area contributed by atoms with E-state index in [1.807, 2.05) is 0 Å². The van der Waals surface area contributed by atoms with Gasteiger partial charge in [0.25, 0.3) is 0 Å². The standard InChI is InChI=1S/C16H21ClN2O4S/c1-23-15-7-6-11(9-12(15)17)24(21,22)19-13-5-3-2-4-10(13)8-14(19)16(18)20/h6-7,9-10,13-14H,2-5,8H2,1H3,(H2,18,20)/t10-,13-,14+/m1/s1. The van der Waals surface area contributed by atoms with Crippen molar-refractivity contribution in [1.29, 1.82) is 0 Å². The Labute approximate surface area is 147 Å². The highest BCUT2D eigenvalue weighted by Gasteiger charge is 2.50. The molecular weight excluding hydrogens is 352 g/mol. The Morgan fingerprint density at radius 2 is 2.04 bits per heavy atom. The molecule has 0 spiro atoms. The maximum Gasteiger partial charge on any atom is 0.244 e. The van der Waals surface area contributed by atoms with Crippen LogP contribution < -0.4 is 10.5 Å². The second-order valence-corrected chi connectivity index (χ2v) is 8.65. The number of benzene rings is 1. The van der Waals surface area contributed by atoms with Crippen molar-refractivity contribution in [1.82, 2.24) is 4.31 Å². The van der Waals surface area contributed by atoms with Crippen LogP contribution in [-0.2, 0) is 14.8 Å². The van der Waals surface area contributed by atoms with Crippen molar-refractivity contribution in [3.05, 3.63) is 23.2 Å². The Kier molecular flexibility index (Phi) is 4.77. The molecule has 1 aliphatic carbocycles. The highest BCUT2D eigenvalue weighted by atomic mass is 35.5. The van der Waals surface area contributed by atoms with E-state index in [0.29, 0.717) is 12.2 Å². The van der Waals surface area contributed by atoms with E-state index < -0.39 is 22.0 Å². The van der Waals surface area contributed by atoms with Gasteiger partial charge in [0.15, 0.2) is 0 Å². The Morgan fingerprint density at radius 3 is 2.67 bits per heavy atom. The van der Waals surface area contributed by atoms with Crippen molar-refractivity contribution in [3.8, 4) is 5.75 Å². The molecule has 0 bridgehead atoms. The molecule has 1 heterocycles. The number of halogens is 1. The van der Waals surface area contributed by atoms with E-state index >= 15 is 0 Å². The lowest BCUT2D eigenvalue weighted by Crippen LogP contribution is -2.48. The van der Waals surface area contributed by atoms with Crippen LogP contribution in [0.3, 0.4) is 0 Å². The second-order valence-electron chi connectivity index (χ2n) is 6.40. The van der Waals surface area contributed by atoms with E-state index in [-0.39, 0.29) is 21.9 Å². The number of sulfonamides is 1. The van der Waals surface area contributed by atoms with Crippen LogP contribution in [0.5, 0.6) is 5.75 Å². The Hall–Kier alpha value is -1.31. The average Bonchev–Trinajstić information content (AvgIpc) is 2.95. The molecular formula is C16H21ClN2O4S.